The summed E-state index contributed by atoms with van der Waals surface area (Å²) in [5.41, 5.74) is 0. The zero-order valence-electron chi connectivity index (χ0n) is 59.8. The molecule has 0 aromatic heterocycles. The summed E-state index contributed by atoms with van der Waals surface area (Å²) in [4.78, 5) is 109. The standard InChI is InChI=1S/C75H130N2O16/c1-55(2)14-10-18-60-22-30-64(31-23-60)72(82)90-50-46-86-68(78)38-42-76(43-39-69(79)87-47-51-91-73(83)65-32-24-61(25-33-65)19-11-15-56(3)4)54-59(9)77(44-40-70(80)88-48-52-92-74(84)66-34-26-62(27-35-66)20-12-16-57(5)6)45-41-71(81)89-49-53-93-75(85)67-36-28-63(29-37-67)21-13-17-58(7)8/h55-67H,10-54H2,1-9H3. The Morgan fingerprint density at radius 1 is 0.301 bits per heavy atom. The maximum Gasteiger partial charge on any atom is 0.309 e. The van der Waals surface area contributed by atoms with Crippen molar-refractivity contribution in [3.8, 4) is 0 Å². The second-order valence-corrected chi connectivity index (χ2v) is 29.9. The Labute approximate surface area is 561 Å². The molecule has 0 aromatic carbocycles. The predicted molar refractivity (Wildman–Crippen MR) is 360 cm³/mol. The van der Waals surface area contributed by atoms with Crippen molar-refractivity contribution in [1.29, 1.82) is 0 Å². The number of nitrogens with zero attached hydrogens (tertiary/aromatic N) is 2. The third kappa shape index (κ3) is 37.1. The molecule has 0 aromatic rings. The SMILES string of the molecule is CC(C)CCCC1CCC(C(=O)OCCOC(=O)CCN(CCC(=O)OCCOC(=O)C2CCC(CCCC(C)C)CC2)CC(C)N(CCC(=O)OCCOC(=O)C2CCC(CCCC(C)C)CC2)CCC(=O)OCCOC(=O)C2CCC(CCCC(C)C)CC2)CC1. The molecule has 4 rings (SSSR count). The molecule has 18 heteroatoms. The number of esters is 8. The van der Waals surface area contributed by atoms with E-state index in [-0.39, 0.29) is 158 Å². The predicted octanol–water partition coefficient (Wildman–Crippen LogP) is 14.4. The van der Waals surface area contributed by atoms with Crippen LogP contribution in [0.4, 0.5) is 0 Å². The minimum Gasteiger partial charge on any atom is -0.462 e. The summed E-state index contributed by atoms with van der Waals surface area (Å²) in [6, 6.07) is -0.348. The first-order valence-electron chi connectivity index (χ1n) is 37.4. The lowest BCUT2D eigenvalue weighted by atomic mass is 9.79. The van der Waals surface area contributed by atoms with Crippen LogP contribution in [-0.2, 0) is 76.3 Å². The van der Waals surface area contributed by atoms with Crippen molar-refractivity contribution < 1.29 is 76.3 Å². The topological polar surface area (TPSA) is 217 Å². The van der Waals surface area contributed by atoms with E-state index in [1.165, 1.54) is 77.0 Å². The minimum atomic E-state index is -0.507. The molecule has 536 valence electrons. The number of rotatable bonds is 47. The molecule has 4 saturated carbocycles. The van der Waals surface area contributed by atoms with Crippen LogP contribution in [0.5, 0.6) is 0 Å². The van der Waals surface area contributed by atoms with Gasteiger partial charge in [-0.3, -0.25) is 43.3 Å². The summed E-state index contributed by atoms with van der Waals surface area (Å²) >= 11 is 0. The number of hydrogen-bond donors (Lipinski definition) is 0. The van der Waals surface area contributed by atoms with Crippen molar-refractivity contribution in [3.63, 3.8) is 0 Å². The third-order valence-electron chi connectivity index (χ3n) is 20.3. The van der Waals surface area contributed by atoms with Crippen molar-refractivity contribution in [2.45, 2.75) is 274 Å². The van der Waals surface area contributed by atoms with Gasteiger partial charge in [0.2, 0.25) is 0 Å². The number of hydrogen-bond acceptors (Lipinski definition) is 18. The molecule has 0 bridgehead atoms. The van der Waals surface area contributed by atoms with Crippen LogP contribution in [0.25, 0.3) is 0 Å². The van der Waals surface area contributed by atoms with Gasteiger partial charge >= 0.3 is 47.8 Å². The first-order chi connectivity index (χ1) is 44.6. The Bertz CT molecular complexity index is 1960. The Hall–Kier alpha value is -4.32. The normalized spacial score (nSPS) is 22.2. The van der Waals surface area contributed by atoms with Crippen LogP contribution in [0.2, 0.25) is 0 Å². The van der Waals surface area contributed by atoms with E-state index in [4.69, 9.17) is 37.9 Å². The molecular formula is C75H130N2O16. The molecule has 4 fully saturated rings. The smallest absolute Gasteiger partial charge is 0.309 e. The fourth-order valence-electron chi connectivity index (χ4n) is 14.3. The van der Waals surface area contributed by atoms with Crippen LogP contribution >= 0.6 is 0 Å². The second-order valence-electron chi connectivity index (χ2n) is 29.9. The van der Waals surface area contributed by atoms with Gasteiger partial charge in [-0.05, 0) is 157 Å². The Morgan fingerprint density at radius 2 is 0.516 bits per heavy atom. The molecule has 4 aliphatic rings. The summed E-state index contributed by atoms with van der Waals surface area (Å²) in [7, 11) is 0. The van der Waals surface area contributed by atoms with Gasteiger partial charge in [0.1, 0.15) is 52.9 Å². The van der Waals surface area contributed by atoms with Gasteiger partial charge in [-0.1, -0.05) is 132 Å². The molecule has 0 N–H and O–H groups in total. The summed E-state index contributed by atoms with van der Waals surface area (Å²) < 4.78 is 44.5. The van der Waals surface area contributed by atoms with Crippen LogP contribution in [0, 0.1) is 71.0 Å². The third-order valence-corrected chi connectivity index (χ3v) is 20.3. The van der Waals surface area contributed by atoms with E-state index < -0.39 is 23.9 Å². The van der Waals surface area contributed by atoms with Crippen LogP contribution in [0.3, 0.4) is 0 Å². The quantitative estimate of drug-likeness (QED) is 0.0314. The van der Waals surface area contributed by atoms with Crippen molar-refractivity contribution in [3.05, 3.63) is 0 Å². The molecular weight excluding hydrogens is 1180 g/mol. The van der Waals surface area contributed by atoms with Gasteiger partial charge in [0, 0.05) is 38.8 Å². The van der Waals surface area contributed by atoms with Crippen molar-refractivity contribution in [2.24, 2.45) is 71.0 Å². The van der Waals surface area contributed by atoms with Crippen molar-refractivity contribution >= 4 is 47.8 Å². The Balaban J connectivity index is 1.32. The monoisotopic (exact) mass is 1310 g/mol. The molecule has 1 unspecified atom stereocenters. The van der Waals surface area contributed by atoms with Crippen molar-refractivity contribution in [2.75, 3.05) is 85.6 Å². The van der Waals surface area contributed by atoms with E-state index in [9.17, 15) is 38.4 Å². The highest BCUT2D eigenvalue weighted by Gasteiger charge is 2.32. The van der Waals surface area contributed by atoms with Gasteiger partial charge in [-0.2, -0.15) is 0 Å². The molecule has 0 spiro atoms. The van der Waals surface area contributed by atoms with Crippen LogP contribution in [-0.4, -0.2) is 149 Å². The van der Waals surface area contributed by atoms with E-state index in [0.717, 1.165) is 103 Å². The van der Waals surface area contributed by atoms with E-state index in [0.29, 0.717) is 53.9 Å². The molecule has 0 heterocycles. The lowest BCUT2D eigenvalue weighted by Crippen LogP contribution is -2.45. The van der Waals surface area contributed by atoms with E-state index in [2.05, 4.69) is 55.4 Å². The molecule has 1 atom stereocenters. The zero-order chi connectivity index (χ0) is 67.8. The maximum atomic E-state index is 13.3. The Kier molecular flexibility index (Phi) is 41.5. The van der Waals surface area contributed by atoms with E-state index in [1.807, 2.05) is 16.7 Å². The summed E-state index contributed by atoms with van der Waals surface area (Å²) in [6.45, 7) is 20.4. The molecule has 0 radical (unpaired) electrons. The van der Waals surface area contributed by atoms with Crippen molar-refractivity contribution in [1.82, 2.24) is 9.80 Å². The molecule has 4 aliphatic carbocycles. The summed E-state index contributed by atoms with van der Waals surface area (Å²) in [5.74, 6) is 1.75. The number of carbonyl (C=O) groups is 8. The average Bonchev–Trinajstić information content (AvgIpc) is 1.89. The lowest BCUT2D eigenvalue weighted by Gasteiger charge is -2.33. The molecule has 0 saturated heterocycles. The van der Waals surface area contributed by atoms with Crippen LogP contribution < -0.4 is 0 Å². The first-order valence-corrected chi connectivity index (χ1v) is 37.4. The summed E-state index contributed by atoms with van der Waals surface area (Å²) in [6.07, 6.45) is 29.0. The first kappa shape index (κ1) is 81.1. The minimum absolute atomic E-state index is 0.0421. The average molecular weight is 1320 g/mol. The van der Waals surface area contributed by atoms with Gasteiger partial charge in [0.05, 0.1) is 49.4 Å². The highest BCUT2D eigenvalue weighted by Crippen LogP contribution is 2.37. The molecule has 0 aliphatic heterocycles. The van der Waals surface area contributed by atoms with Gasteiger partial charge in [0.15, 0.2) is 0 Å². The fourth-order valence-corrected chi connectivity index (χ4v) is 14.3. The largest absolute Gasteiger partial charge is 0.462 e. The number of ether oxygens (including phenoxy) is 8. The Morgan fingerprint density at radius 3 is 0.742 bits per heavy atom. The lowest BCUT2D eigenvalue weighted by molar-refractivity contribution is -0.156. The number of carbonyl (C=O) groups excluding carboxylic acids is 8. The van der Waals surface area contributed by atoms with Crippen LogP contribution in [0.1, 0.15) is 268 Å². The molecule has 0 amide bonds. The van der Waals surface area contributed by atoms with E-state index in [1.54, 1.807) is 0 Å². The summed E-state index contributed by atoms with van der Waals surface area (Å²) in [5, 5.41) is 0. The van der Waals surface area contributed by atoms with Crippen LogP contribution in [0.15, 0.2) is 0 Å². The van der Waals surface area contributed by atoms with Gasteiger partial charge in [-0.25, -0.2) is 0 Å². The van der Waals surface area contributed by atoms with Gasteiger partial charge in [0.25, 0.3) is 0 Å². The second kappa shape index (κ2) is 47.6. The van der Waals surface area contributed by atoms with Gasteiger partial charge in [-0.15, -0.1) is 0 Å². The zero-order valence-corrected chi connectivity index (χ0v) is 59.8. The molecule has 93 heavy (non-hydrogen) atoms. The van der Waals surface area contributed by atoms with E-state index >= 15 is 0 Å². The van der Waals surface area contributed by atoms with Gasteiger partial charge < -0.3 is 42.8 Å². The maximum absolute atomic E-state index is 13.3. The highest BCUT2D eigenvalue weighted by molar-refractivity contribution is 5.74. The fraction of sp³-hybridized carbons (Fsp3) is 0.893. The highest BCUT2D eigenvalue weighted by atomic mass is 16.6. The molecule has 18 nitrogen and oxygen atoms in total.